The number of para-hydroxylation sites is 2. The highest BCUT2D eigenvalue weighted by molar-refractivity contribution is 6.05. The number of carbonyl (C=O) groups is 2. The number of aryl methyl sites for hydroxylation is 1. The van der Waals surface area contributed by atoms with Gasteiger partial charge in [-0.05, 0) is 50.6 Å². The lowest BCUT2D eigenvalue weighted by Gasteiger charge is -2.15. The number of nitrogens with zero attached hydrogens (tertiary/aromatic N) is 2. The molecule has 0 unspecified atom stereocenters. The Hall–Kier alpha value is -3.62. The quantitative estimate of drug-likeness (QED) is 0.587. The van der Waals surface area contributed by atoms with Crippen LogP contribution in [0.15, 0.2) is 54.6 Å². The molecule has 2 amide bonds. The van der Waals surface area contributed by atoms with Gasteiger partial charge in [0.05, 0.1) is 29.1 Å². The third kappa shape index (κ3) is 5.35. The van der Waals surface area contributed by atoms with Crippen LogP contribution < -0.4 is 10.6 Å². The second kappa shape index (κ2) is 9.25. The van der Waals surface area contributed by atoms with Crippen LogP contribution in [0.1, 0.15) is 41.2 Å². The molecule has 32 heavy (non-hydrogen) atoms. The van der Waals surface area contributed by atoms with Crippen LogP contribution in [0.3, 0.4) is 0 Å². The van der Waals surface area contributed by atoms with Crippen molar-refractivity contribution in [1.29, 1.82) is 0 Å². The fourth-order valence-electron chi connectivity index (χ4n) is 3.19. The Kier molecular flexibility index (Phi) is 6.67. The molecule has 3 rings (SSSR count). The van der Waals surface area contributed by atoms with E-state index in [1.807, 2.05) is 13.8 Å². The highest BCUT2D eigenvalue weighted by Crippen LogP contribution is 2.30. The zero-order valence-electron chi connectivity index (χ0n) is 17.8. The smallest absolute Gasteiger partial charge is 0.350 e. The summed E-state index contributed by atoms with van der Waals surface area (Å²) in [5.41, 5.74) is 0.637. The van der Waals surface area contributed by atoms with Crippen molar-refractivity contribution < 1.29 is 22.8 Å². The van der Waals surface area contributed by atoms with Gasteiger partial charge in [-0.2, -0.15) is 18.3 Å². The fourth-order valence-corrected chi connectivity index (χ4v) is 3.19. The Morgan fingerprint density at radius 1 is 1.06 bits per heavy atom. The Morgan fingerprint density at radius 2 is 1.75 bits per heavy atom. The van der Waals surface area contributed by atoms with E-state index in [-0.39, 0.29) is 29.6 Å². The van der Waals surface area contributed by atoms with E-state index < -0.39 is 17.8 Å². The lowest BCUT2D eigenvalue weighted by Crippen LogP contribution is -2.31. The molecule has 0 bridgehead atoms. The molecule has 1 aromatic heterocycles. The average Bonchev–Trinajstić information content (AvgIpc) is 3.13. The van der Waals surface area contributed by atoms with Crippen molar-refractivity contribution in [3.8, 4) is 5.69 Å². The van der Waals surface area contributed by atoms with Crippen molar-refractivity contribution in [2.45, 2.75) is 39.4 Å². The average molecular weight is 444 g/mol. The first-order chi connectivity index (χ1) is 15.1. The van der Waals surface area contributed by atoms with Crippen molar-refractivity contribution >= 4 is 17.5 Å². The van der Waals surface area contributed by atoms with Gasteiger partial charge in [0.1, 0.15) is 0 Å². The van der Waals surface area contributed by atoms with Gasteiger partial charge in [0.15, 0.2) is 5.69 Å². The lowest BCUT2D eigenvalue weighted by molar-refractivity contribution is -0.141. The van der Waals surface area contributed by atoms with Gasteiger partial charge in [0.25, 0.3) is 5.91 Å². The monoisotopic (exact) mass is 444 g/mol. The predicted octanol–water partition coefficient (Wildman–Crippen LogP) is 4.52. The number of aromatic nitrogens is 2. The van der Waals surface area contributed by atoms with Crippen LogP contribution >= 0.6 is 0 Å². The minimum Gasteiger partial charge on any atom is -0.350 e. The van der Waals surface area contributed by atoms with Crippen molar-refractivity contribution in [2.75, 3.05) is 5.32 Å². The van der Waals surface area contributed by atoms with Crippen LogP contribution in [0, 0.1) is 6.92 Å². The Balaban J connectivity index is 1.91. The summed E-state index contributed by atoms with van der Waals surface area (Å²) in [6.45, 7) is 5.36. The molecule has 0 atom stereocenters. The first kappa shape index (κ1) is 23.1. The summed E-state index contributed by atoms with van der Waals surface area (Å²) in [4.78, 5) is 25.3. The van der Waals surface area contributed by atoms with Crippen LogP contribution in [0.25, 0.3) is 5.69 Å². The molecule has 0 aliphatic carbocycles. The van der Waals surface area contributed by atoms with Gasteiger partial charge in [0, 0.05) is 6.04 Å². The molecule has 0 saturated heterocycles. The minimum atomic E-state index is -4.65. The van der Waals surface area contributed by atoms with E-state index in [4.69, 9.17) is 0 Å². The molecule has 9 heteroatoms. The van der Waals surface area contributed by atoms with Gasteiger partial charge < -0.3 is 10.6 Å². The number of hydrogen-bond acceptors (Lipinski definition) is 3. The summed E-state index contributed by atoms with van der Waals surface area (Å²) < 4.78 is 40.9. The normalized spacial score (nSPS) is 11.5. The van der Waals surface area contributed by atoms with Crippen molar-refractivity contribution in [3.05, 3.63) is 77.1 Å². The number of amides is 2. The third-order valence-corrected chi connectivity index (χ3v) is 4.62. The number of carbonyl (C=O) groups excluding carboxylic acids is 2. The molecule has 0 saturated carbocycles. The Labute approximate surface area is 183 Å². The van der Waals surface area contributed by atoms with Gasteiger partial charge in [0.2, 0.25) is 5.91 Å². The van der Waals surface area contributed by atoms with E-state index in [1.165, 1.54) is 0 Å². The van der Waals surface area contributed by atoms with Crippen LogP contribution in [0.4, 0.5) is 18.9 Å². The number of nitrogens with one attached hydrogen (secondary N) is 2. The van der Waals surface area contributed by atoms with Crippen molar-refractivity contribution in [1.82, 2.24) is 15.1 Å². The molecule has 2 N–H and O–H groups in total. The molecule has 168 valence electrons. The number of halogens is 3. The summed E-state index contributed by atoms with van der Waals surface area (Å²) in [6, 6.07) is 14.0. The number of benzene rings is 2. The van der Waals surface area contributed by atoms with Crippen molar-refractivity contribution in [2.24, 2.45) is 0 Å². The zero-order chi connectivity index (χ0) is 23.5. The summed E-state index contributed by atoms with van der Waals surface area (Å²) >= 11 is 0. The molecule has 3 aromatic rings. The molecule has 0 spiro atoms. The Bertz CT molecular complexity index is 1120. The maximum atomic E-state index is 13.3. The molecule has 0 aliphatic heterocycles. The third-order valence-electron chi connectivity index (χ3n) is 4.62. The summed E-state index contributed by atoms with van der Waals surface area (Å²) in [6.07, 6.45) is -5.01. The number of anilines is 1. The number of rotatable bonds is 6. The SMILES string of the molecule is Cc1cccc(C(=O)NC(C)C)c1NC(=O)Cc1cc(C(F)(F)F)nn1-c1ccccc1. The molecular weight excluding hydrogens is 421 g/mol. The molecule has 6 nitrogen and oxygen atoms in total. The van der Waals surface area contributed by atoms with Gasteiger partial charge in [-0.1, -0.05) is 30.3 Å². The van der Waals surface area contributed by atoms with Crippen molar-refractivity contribution in [3.63, 3.8) is 0 Å². The fraction of sp³-hybridized carbons (Fsp3) is 0.261. The number of alkyl halides is 3. The van der Waals surface area contributed by atoms with Gasteiger partial charge in [-0.25, -0.2) is 4.68 Å². The predicted molar refractivity (Wildman–Crippen MR) is 115 cm³/mol. The largest absolute Gasteiger partial charge is 0.435 e. The summed E-state index contributed by atoms with van der Waals surface area (Å²) in [5, 5.41) is 9.11. The van der Waals surface area contributed by atoms with E-state index in [0.717, 1.165) is 10.7 Å². The first-order valence-corrected chi connectivity index (χ1v) is 9.98. The second-order valence-electron chi connectivity index (χ2n) is 7.62. The minimum absolute atomic E-state index is 0.0720. The highest BCUT2D eigenvalue weighted by Gasteiger charge is 2.35. The summed E-state index contributed by atoms with van der Waals surface area (Å²) in [5.74, 6) is -0.920. The first-order valence-electron chi connectivity index (χ1n) is 9.98. The molecule has 0 fully saturated rings. The topological polar surface area (TPSA) is 76.0 Å². The van der Waals surface area contributed by atoms with Crippen LogP contribution in [0.2, 0.25) is 0 Å². The lowest BCUT2D eigenvalue weighted by atomic mass is 10.1. The standard InChI is InChI=1S/C23H23F3N4O2/c1-14(2)27-22(32)18-11-7-8-15(3)21(18)28-20(31)13-17-12-19(23(24,25)26)29-30(17)16-9-5-4-6-10-16/h4-12,14H,13H2,1-3H3,(H,27,32)(H,28,31). The van der Waals surface area contributed by atoms with Gasteiger partial charge in [-0.3, -0.25) is 9.59 Å². The maximum Gasteiger partial charge on any atom is 0.435 e. The molecular formula is C23H23F3N4O2. The van der Waals surface area contributed by atoms with Gasteiger partial charge in [-0.15, -0.1) is 0 Å². The van der Waals surface area contributed by atoms with E-state index in [2.05, 4.69) is 15.7 Å². The van der Waals surface area contributed by atoms with E-state index >= 15 is 0 Å². The summed E-state index contributed by atoms with van der Waals surface area (Å²) in [7, 11) is 0. The molecule has 2 aromatic carbocycles. The van der Waals surface area contributed by atoms with Crippen LogP contribution in [-0.4, -0.2) is 27.6 Å². The molecule has 0 radical (unpaired) electrons. The second-order valence-corrected chi connectivity index (χ2v) is 7.62. The highest BCUT2D eigenvalue weighted by atomic mass is 19.4. The number of hydrogen-bond donors (Lipinski definition) is 2. The van der Waals surface area contributed by atoms with Gasteiger partial charge >= 0.3 is 6.18 Å². The Morgan fingerprint density at radius 3 is 2.38 bits per heavy atom. The van der Waals surface area contributed by atoms with E-state index in [0.29, 0.717) is 16.9 Å². The molecule has 0 aliphatic rings. The zero-order valence-corrected chi connectivity index (χ0v) is 17.8. The molecule has 1 heterocycles. The van der Waals surface area contributed by atoms with E-state index in [9.17, 15) is 22.8 Å². The van der Waals surface area contributed by atoms with Crippen LogP contribution in [0.5, 0.6) is 0 Å². The van der Waals surface area contributed by atoms with E-state index in [1.54, 1.807) is 55.5 Å². The van der Waals surface area contributed by atoms with Crippen LogP contribution in [-0.2, 0) is 17.4 Å². The maximum absolute atomic E-state index is 13.3.